The van der Waals surface area contributed by atoms with E-state index < -0.39 is 0 Å². The molecule has 0 heterocycles. The van der Waals surface area contributed by atoms with Crippen molar-refractivity contribution in [3.8, 4) is 0 Å². The molecule has 1 saturated carbocycles. The summed E-state index contributed by atoms with van der Waals surface area (Å²) in [5.41, 5.74) is 3.84. The molecule has 0 spiro atoms. The third-order valence-corrected chi connectivity index (χ3v) is 6.84. The molecule has 0 aliphatic heterocycles. The lowest BCUT2D eigenvalue weighted by Crippen LogP contribution is -2.48. The predicted molar refractivity (Wildman–Crippen MR) is 101 cm³/mol. The van der Waals surface area contributed by atoms with Gasteiger partial charge in [-0.25, -0.2) is 0 Å². The van der Waals surface area contributed by atoms with Crippen LogP contribution in [0.4, 0.5) is 0 Å². The van der Waals surface area contributed by atoms with Crippen LogP contribution in [0, 0.1) is 22.7 Å². The molecule has 2 heteroatoms. The average molecular weight is 333 g/mol. The SMILES string of the molecule is CC(=O)OC/C=C(\C)CC[C@H]1C(C)=CC[C@H]2C(C)(C)CCC[C@]12C. The van der Waals surface area contributed by atoms with Gasteiger partial charge >= 0.3 is 5.97 Å². The molecule has 1 fully saturated rings. The predicted octanol–water partition coefficient (Wildman–Crippen LogP) is 6.07. The second-order valence-electron chi connectivity index (χ2n) is 9.03. The first kappa shape index (κ1) is 19.3. The lowest BCUT2D eigenvalue weighted by molar-refractivity contribution is -0.139. The Kier molecular flexibility index (Phi) is 5.99. The van der Waals surface area contributed by atoms with E-state index in [-0.39, 0.29) is 5.97 Å². The van der Waals surface area contributed by atoms with Crippen molar-refractivity contribution in [1.82, 2.24) is 0 Å². The van der Waals surface area contributed by atoms with E-state index in [2.05, 4.69) is 46.8 Å². The van der Waals surface area contributed by atoms with Gasteiger partial charge in [-0.15, -0.1) is 0 Å². The minimum Gasteiger partial charge on any atom is -0.462 e. The van der Waals surface area contributed by atoms with Gasteiger partial charge in [0.2, 0.25) is 0 Å². The topological polar surface area (TPSA) is 26.3 Å². The highest BCUT2D eigenvalue weighted by Crippen LogP contribution is 2.60. The molecule has 0 unspecified atom stereocenters. The van der Waals surface area contributed by atoms with Crippen molar-refractivity contribution in [1.29, 1.82) is 0 Å². The Morgan fingerprint density at radius 1 is 1.29 bits per heavy atom. The second kappa shape index (κ2) is 7.45. The van der Waals surface area contributed by atoms with Crippen LogP contribution in [-0.4, -0.2) is 12.6 Å². The van der Waals surface area contributed by atoms with Gasteiger partial charge in [-0.05, 0) is 74.7 Å². The molecular formula is C22H36O2. The quantitative estimate of drug-likeness (QED) is 0.451. The van der Waals surface area contributed by atoms with E-state index in [0.29, 0.717) is 23.4 Å². The summed E-state index contributed by atoms with van der Waals surface area (Å²) < 4.78 is 5.03. The lowest BCUT2D eigenvalue weighted by atomic mass is 9.48. The monoisotopic (exact) mass is 332 g/mol. The zero-order valence-electron chi connectivity index (χ0n) is 16.6. The highest BCUT2D eigenvalue weighted by atomic mass is 16.5. The maximum Gasteiger partial charge on any atom is 0.302 e. The standard InChI is InChI=1S/C22H36O2/c1-16(12-15-24-18(3)23)8-10-19-17(2)9-11-20-21(4,5)13-7-14-22(19,20)6/h9,12,19-20H,7-8,10-11,13-15H2,1-6H3/b16-12+/t19-,20-,22+/m0/s1. The number of carbonyl (C=O) groups excluding carboxylic acids is 1. The van der Waals surface area contributed by atoms with Gasteiger partial charge in [0, 0.05) is 6.92 Å². The van der Waals surface area contributed by atoms with Crippen LogP contribution in [0.3, 0.4) is 0 Å². The van der Waals surface area contributed by atoms with Crippen LogP contribution in [-0.2, 0) is 9.53 Å². The Morgan fingerprint density at radius 2 is 2.00 bits per heavy atom. The molecule has 0 aromatic carbocycles. The molecule has 0 saturated heterocycles. The zero-order valence-corrected chi connectivity index (χ0v) is 16.6. The van der Waals surface area contributed by atoms with Crippen LogP contribution in [0.1, 0.15) is 80.1 Å². The molecule has 2 nitrogen and oxygen atoms in total. The molecule has 0 aromatic heterocycles. The number of hydrogen-bond donors (Lipinski definition) is 0. The van der Waals surface area contributed by atoms with Gasteiger partial charge in [0.25, 0.3) is 0 Å². The van der Waals surface area contributed by atoms with Crippen molar-refractivity contribution in [3.63, 3.8) is 0 Å². The van der Waals surface area contributed by atoms with Crippen molar-refractivity contribution >= 4 is 5.97 Å². The number of allylic oxidation sites excluding steroid dienone is 3. The molecule has 2 aliphatic carbocycles. The molecule has 0 bridgehead atoms. The number of ether oxygens (including phenoxy) is 1. The third-order valence-electron chi connectivity index (χ3n) is 6.84. The summed E-state index contributed by atoms with van der Waals surface area (Å²) in [7, 11) is 0. The van der Waals surface area contributed by atoms with E-state index >= 15 is 0 Å². The van der Waals surface area contributed by atoms with Crippen molar-refractivity contribution < 1.29 is 9.53 Å². The molecule has 136 valence electrons. The van der Waals surface area contributed by atoms with Crippen molar-refractivity contribution in [2.75, 3.05) is 6.61 Å². The second-order valence-corrected chi connectivity index (χ2v) is 9.03. The summed E-state index contributed by atoms with van der Waals surface area (Å²) >= 11 is 0. The van der Waals surface area contributed by atoms with E-state index in [1.807, 2.05) is 0 Å². The van der Waals surface area contributed by atoms with E-state index in [1.54, 1.807) is 5.57 Å². The Labute approximate surface area is 148 Å². The minimum atomic E-state index is -0.204. The zero-order chi connectivity index (χ0) is 18.0. The molecule has 2 rings (SSSR count). The molecule has 0 amide bonds. The summed E-state index contributed by atoms with van der Waals surface area (Å²) in [6, 6.07) is 0. The summed E-state index contributed by atoms with van der Waals surface area (Å²) in [5, 5.41) is 0. The smallest absolute Gasteiger partial charge is 0.302 e. The molecule has 3 atom stereocenters. The highest BCUT2D eigenvalue weighted by Gasteiger charge is 2.51. The van der Waals surface area contributed by atoms with Crippen LogP contribution >= 0.6 is 0 Å². The number of hydrogen-bond acceptors (Lipinski definition) is 2. The first-order valence-corrected chi connectivity index (χ1v) is 9.62. The highest BCUT2D eigenvalue weighted by molar-refractivity contribution is 5.66. The van der Waals surface area contributed by atoms with Gasteiger partial charge in [0.15, 0.2) is 0 Å². The first-order chi connectivity index (χ1) is 11.2. The number of carbonyl (C=O) groups is 1. The van der Waals surface area contributed by atoms with Gasteiger partial charge in [0.05, 0.1) is 0 Å². The number of fused-ring (bicyclic) bond motifs is 1. The van der Waals surface area contributed by atoms with Crippen molar-refractivity contribution in [3.05, 3.63) is 23.3 Å². The summed E-state index contributed by atoms with van der Waals surface area (Å²) in [5.74, 6) is 1.29. The minimum absolute atomic E-state index is 0.204. The average Bonchev–Trinajstić information content (AvgIpc) is 2.45. The Bertz CT molecular complexity index is 526. The van der Waals surface area contributed by atoms with E-state index in [1.165, 1.54) is 44.6 Å². The molecule has 0 aromatic rings. The van der Waals surface area contributed by atoms with Crippen LogP contribution in [0.15, 0.2) is 23.3 Å². The Balaban J connectivity index is 2.06. The van der Waals surface area contributed by atoms with Crippen LogP contribution in [0.25, 0.3) is 0 Å². The molecule has 24 heavy (non-hydrogen) atoms. The fraction of sp³-hybridized carbons (Fsp3) is 0.773. The van der Waals surface area contributed by atoms with Gasteiger partial charge < -0.3 is 4.74 Å². The van der Waals surface area contributed by atoms with Crippen LogP contribution < -0.4 is 0 Å². The van der Waals surface area contributed by atoms with Crippen molar-refractivity contribution in [2.24, 2.45) is 22.7 Å². The fourth-order valence-corrected chi connectivity index (χ4v) is 5.47. The maximum atomic E-state index is 10.9. The van der Waals surface area contributed by atoms with Crippen LogP contribution in [0.2, 0.25) is 0 Å². The summed E-state index contributed by atoms with van der Waals surface area (Å²) in [6.07, 6.45) is 12.3. The summed E-state index contributed by atoms with van der Waals surface area (Å²) in [4.78, 5) is 10.9. The van der Waals surface area contributed by atoms with E-state index in [4.69, 9.17) is 4.74 Å². The number of rotatable bonds is 5. The van der Waals surface area contributed by atoms with Gasteiger partial charge in [-0.1, -0.05) is 44.4 Å². The first-order valence-electron chi connectivity index (χ1n) is 9.62. The molecule has 2 aliphatic rings. The molecular weight excluding hydrogens is 296 g/mol. The Hall–Kier alpha value is -1.05. The maximum absolute atomic E-state index is 10.9. The lowest BCUT2D eigenvalue weighted by Gasteiger charge is -2.57. The normalized spacial score (nSPS) is 32.8. The van der Waals surface area contributed by atoms with Crippen LogP contribution in [0.5, 0.6) is 0 Å². The molecule has 0 radical (unpaired) electrons. The van der Waals surface area contributed by atoms with Gasteiger partial charge in [-0.3, -0.25) is 4.79 Å². The van der Waals surface area contributed by atoms with Gasteiger partial charge in [0.1, 0.15) is 6.61 Å². The summed E-state index contributed by atoms with van der Waals surface area (Å²) in [6.45, 7) is 13.9. The fourth-order valence-electron chi connectivity index (χ4n) is 5.47. The number of esters is 1. The third kappa shape index (κ3) is 4.13. The van der Waals surface area contributed by atoms with E-state index in [9.17, 15) is 4.79 Å². The largest absolute Gasteiger partial charge is 0.462 e. The molecule has 0 N–H and O–H groups in total. The Morgan fingerprint density at radius 3 is 2.67 bits per heavy atom. The van der Waals surface area contributed by atoms with Gasteiger partial charge in [-0.2, -0.15) is 0 Å². The van der Waals surface area contributed by atoms with Crippen molar-refractivity contribution in [2.45, 2.75) is 80.1 Å². The van der Waals surface area contributed by atoms with E-state index in [0.717, 1.165) is 12.3 Å².